The molecule has 8 nitrogen and oxygen atoms in total. The van der Waals surface area contributed by atoms with Gasteiger partial charge in [-0.2, -0.15) is 4.98 Å². The molecule has 2 heterocycles. The molecule has 0 spiro atoms. The molecule has 0 aromatic carbocycles. The van der Waals surface area contributed by atoms with Crippen LogP contribution in [0.1, 0.15) is 31.7 Å². The highest BCUT2D eigenvalue weighted by Gasteiger charge is 2.18. The summed E-state index contributed by atoms with van der Waals surface area (Å²) in [6.07, 6.45) is 2.99. The van der Waals surface area contributed by atoms with Crippen LogP contribution in [0.5, 0.6) is 5.88 Å². The Morgan fingerprint density at radius 1 is 1.50 bits per heavy atom. The van der Waals surface area contributed by atoms with Crippen molar-refractivity contribution in [3.05, 3.63) is 21.4 Å². The van der Waals surface area contributed by atoms with Gasteiger partial charge in [-0.3, -0.25) is 14.9 Å². The number of carbonyl (C=O) groups is 1. The van der Waals surface area contributed by atoms with E-state index >= 15 is 0 Å². The lowest BCUT2D eigenvalue weighted by atomic mass is 10.3. The summed E-state index contributed by atoms with van der Waals surface area (Å²) in [7, 11) is 1.43. The van der Waals surface area contributed by atoms with Gasteiger partial charge < -0.3 is 9.72 Å². The van der Waals surface area contributed by atoms with Crippen molar-refractivity contribution in [3.63, 3.8) is 0 Å². The van der Waals surface area contributed by atoms with Gasteiger partial charge in [0.2, 0.25) is 16.9 Å². The maximum absolute atomic E-state index is 12.2. The SMILES string of the molecule is CCCCc1nnc(NC(=O)[C@H](C)Sc2nc(OC)cc(=O)[nH]2)s1. The first-order valence-corrected chi connectivity index (χ1v) is 9.16. The maximum atomic E-state index is 12.2. The number of aryl methyl sites for hydroxylation is 1. The number of hydrogen-bond donors (Lipinski definition) is 2. The van der Waals surface area contributed by atoms with Crippen molar-refractivity contribution in [2.45, 2.75) is 43.5 Å². The Labute approximate surface area is 147 Å². The summed E-state index contributed by atoms with van der Waals surface area (Å²) >= 11 is 2.51. The van der Waals surface area contributed by atoms with E-state index in [1.807, 2.05) is 0 Å². The highest BCUT2D eigenvalue weighted by Crippen LogP contribution is 2.22. The van der Waals surface area contributed by atoms with Crippen molar-refractivity contribution in [1.82, 2.24) is 20.2 Å². The number of aromatic amines is 1. The van der Waals surface area contributed by atoms with Gasteiger partial charge in [0.1, 0.15) is 5.01 Å². The summed E-state index contributed by atoms with van der Waals surface area (Å²) in [6.45, 7) is 3.83. The highest BCUT2D eigenvalue weighted by molar-refractivity contribution is 8.00. The molecule has 0 saturated carbocycles. The van der Waals surface area contributed by atoms with E-state index in [-0.39, 0.29) is 17.3 Å². The Balaban J connectivity index is 1.95. The highest BCUT2D eigenvalue weighted by atomic mass is 32.2. The van der Waals surface area contributed by atoms with Gasteiger partial charge in [0, 0.05) is 6.42 Å². The number of methoxy groups -OCH3 is 1. The van der Waals surface area contributed by atoms with Crippen molar-refractivity contribution in [3.8, 4) is 5.88 Å². The minimum Gasteiger partial charge on any atom is -0.481 e. The van der Waals surface area contributed by atoms with Crippen LogP contribution in [0.25, 0.3) is 0 Å². The molecule has 0 unspecified atom stereocenters. The summed E-state index contributed by atoms with van der Waals surface area (Å²) < 4.78 is 4.95. The van der Waals surface area contributed by atoms with Gasteiger partial charge in [0.15, 0.2) is 5.16 Å². The number of amides is 1. The number of ether oxygens (including phenoxy) is 1. The first kappa shape index (κ1) is 18.4. The van der Waals surface area contributed by atoms with Crippen LogP contribution in [-0.2, 0) is 11.2 Å². The van der Waals surface area contributed by atoms with E-state index in [0.29, 0.717) is 10.3 Å². The van der Waals surface area contributed by atoms with Crippen LogP contribution < -0.4 is 15.6 Å². The quantitative estimate of drug-likeness (QED) is 0.541. The number of nitrogens with zero attached hydrogens (tertiary/aromatic N) is 3. The lowest BCUT2D eigenvalue weighted by Gasteiger charge is -2.09. The Kier molecular flexibility index (Phi) is 6.73. The van der Waals surface area contributed by atoms with Crippen molar-refractivity contribution >= 4 is 34.1 Å². The third-order valence-corrected chi connectivity index (χ3v) is 4.89. The van der Waals surface area contributed by atoms with E-state index in [9.17, 15) is 9.59 Å². The molecule has 1 atom stereocenters. The molecule has 0 saturated heterocycles. The van der Waals surface area contributed by atoms with Crippen molar-refractivity contribution in [2.75, 3.05) is 12.4 Å². The first-order chi connectivity index (χ1) is 11.5. The second-order valence-corrected chi connectivity index (χ2v) is 7.34. The molecule has 0 aliphatic heterocycles. The maximum Gasteiger partial charge on any atom is 0.255 e. The van der Waals surface area contributed by atoms with Crippen LogP contribution in [0.15, 0.2) is 16.0 Å². The molecule has 2 rings (SSSR count). The van der Waals surface area contributed by atoms with Crippen LogP contribution in [0.2, 0.25) is 0 Å². The van der Waals surface area contributed by atoms with Crippen LogP contribution in [-0.4, -0.2) is 38.4 Å². The van der Waals surface area contributed by atoms with E-state index in [1.54, 1.807) is 6.92 Å². The van der Waals surface area contributed by atoms with Gasteiger partial charge in [-0.15, -0.1) is 10.2 Å². The molecule has 0 fully saturated rings. The predicted molar refractivity (Wildman–Crippen MR) is 93.9 cm³/mol. The number of rotatable bonds is 8. The lowest BCUT2D eigenvalue weighted by molar-refractivity contribution is -0.115. The number of thioether (sulfide) groups is 1. The topological polar surface area (TPSA) is 110 Å². The number of hydrogen-bond acceptors (Lipinski definition) is 8. The number of aromatic nitrogens is 4. The first-order valence-electron chi connectivity index (χ1n) is 7.47. The standard InChI is InChI=1S/C14H19N5O3S2/c1-4-5-6-11-18-19-14(24-11)17-12(21)8(2)23-13-15-9(20)7-10(16-13)22-3/h7-8H,4-6H2,1-3H3,(H,15,16,20)(H,17,19,21)/t8-/m0/s1. The third kappa shape index (κ3) is 5.31. The van der Waals surface area contributed by atoms with Gasteiger partial charge >= 0.3 is 0 Å². The van der Waals surface area contributed by atoms with E-state index in [0.717, 1.165) is 36.0 Å². The molecule has 10 heteroatoms. The number of nitrogens with one attached hydrogen (secondary N) is 2. The lowest BCUT2D eigenvalue weighted by Crippen LogP contribution is -2.23. The minimum atomic E-state index is -0.469. The second kappa shape index (κ2) is 8.78. The molecule has 2 N–H and O–H groups in total. The van der Waals surface area contributed by atoms with Gasteiger partial charge in [-0.25, -0.2) is 0 Å². The number of unbranched alkanes of at least 4 members (excludes halogenated alkanes) is 1. The van der Waals surface area contributed by atoms with Crippen LogP contribution in [0.4, 0.5) is 5.13 Å². The number of H-pyrrole nitrogens is 1. The Bertz CT molecular complexity index is 746. The summed E-state index contributed by atoms with van der Waals surface area (Å²) in [5.74, 6) is -0.0257. The second-order valence-electron chi connectivity index (χ2n) is 4.95. The third-order valence-electron chi connectivity index (χ3n) is 3.00. The van der Waals surface area contributed by atoms with Gasteiger partial charge in [0.05, 0.1) is 18.4 Å². The predicted octanol–water partition coefficient (Wildman–Crippen LogP) is 2.09. The summed E-state index contributed by atoms with van der Waals surface area (Å²) in [5, 5.41) is 12.0. The average molecular weight is 369 g/mol. The fraction of sp³-hybridized carbons (Fsp3) is 0.500. The smallest absolute Gasteiger partial charge is 0.255 e. The fourth-order valence-corrected chi connectivity index (χ4v) is 3.32. The summed E-state index contributed by atoms with van der Waals surface area (Å²) in [6, 6.07) is 1.24. The van der Waals surface area contributed by atoms with Gasteiger partial charge in [-0.05, 0) is 13.3 Å². The number of carbonyl (C=O) groups excluding carboxylic acids is 1. The minimum absolute atomic E-state index is 0.207. The summed E-state index contributed by atoms with van der Waals surface area (Å²) in [4.78, 5) is 30.4. The molecule has 0 aliphatic carbocycles. The number of anilines is 1. The van der Waals surface area contributed by atoms with Crippen LogP contribution >= 0.6 is 23.1 Å². The fourth-order valence-electron chi connectivity index (χ4n) is 1.74. The molecule has 0 bridgehead atoms. The zero-order valence-electron chi connectivity index (χ0n) is 13.7. The summed E-state index contributed by atoms with van der Waals surface area (Å²) in [5.41, 5.74) is -0.332. The largest absolute Gasteiger partial charge is 0.481 e. The van der Waals surface area contributed by atoms with Gasteiger partial charge in [-0.1, -0.05) is 36.4 Å². The molecule has 2 aromatic heterocycles. The van der Waals surface area contributed by atoms with E-state index in [1.165, 1.54) is 24.5 Å². The van der Waals surface area contributed by atoms with Gasteiger partial charge in [0.25, 0.3) is 5.56 Å². The van der Waals surface area contributed by atoms with Crippen molar-refractivity contribution in [2.24, 2.45) is 0 Å². The van der Waals surface area contributed by atoms with E-state index < -0.39 is 5.25 Å². The molecule has 0 radical (unpaired) electrons. The Morgan fingerprint density at radius 3 is 3.00 bits per heavy atom. The van der Waals surface area contributed by atoms with Crippen molar-refractivity contribution < 1.29 is 9.53 Å². The Morgan fingerprint density at radius 2 is 2.29 bits per heavy atom. The molecule has 0 aliphatic rings. The van der Waals surface area contributed by atoms with Crippen LogP contribution in [0.3, 0.4) is 0 Å². The normalized spacial score (nSPS) is 12.0. The molecule has 130 valence electrons. The van der Waals surface area contributed by atoms with E-state index in [2.05, 4.69) is 32.4 Å². The zero-order chi connectivity index (χ0) is 17.5. The van der Waals surface area contributed by atoms with Crippen molar-refractivity contribution in [1.29, 1.82) is 0 Å². The zero-order valence-corrected chi connectivity index (χ0v) is 15.3. The molecule has 1 amide bonds. The van der Waals surface area contributed by atoms with E-state index in [4.69, 9.17) is 4.74 Å². The van der Waals surface area contributed by atoms with Crippen LogP contribution in [0, 0.1) is 0 Å². The molecule has 24 heavy (non-hydrogen) atoms. The Hall–Kier alpha value is -1.94. The molecular weight excluding hydrogens is 350 g/mol. The monoisotopic (exact) mass is 369 g/mol. The molecule has 2 aromatic rings. The molecular formula is C14H19N5O3S2. The average Bonchev–Trinajstić information content (AvgIpc) is 2.99.